The Balaban J connectivity index is 2.04. The van der Waals surface area contributed by atoms with E-state index >= 15 is 0 Å². The van der Waals surface area contributed by atoms with E-state index in [1.807, 2.05) is 13.0 Å². The van der Waals surface area contributed by atoms with Gasteiger partial charge in [-0.3, -0.25) is 4.79 Å². The third-order valence-corrected chi connectivity index (χ3v) is 4.66. The van der Waals surface area contributed by atoms with Gasteiger partial charge in [-0.2, -0.15) is 0 Å². The summed E-state index contributed by atoms with van der Waals surface area (Å²) in [7, 11) is 2.13. The normalized spacial score (nSPS) is 17.0. The van der Waals surface area contributed by atoms with Gasteiger partial charge in [-0.1, -0.05) is 23.2 Å². The van der Waals surface area contributed by atoms with E-state index in [4.69, 9.17) is 23.2 Å². The second-order valence-corrected chi connectivity index (χ2v) is 6.53. The first kappa shape index (κ1) is 16.6. The molecule has 2 rings (SSSR count). The molecule has 0 unspecified atom stereocenters. The molecule has 0 aliphatic carbocycles. The smallest absolute Gasteiger partial charge is 0.227 e. The molecule has 1 aromatic rings. The highest BCUT2D eigenvalue weighted by molar-refractivity contribution is 6.36. The molecule has 1 amide bonds. The molecule has 116 valence electrons. The van der Waals surface area contributed by atoms with Gasteiger partial charge in [0.05, 0.1) is 10.7 Å². The predicted molar refractivity (Wildman–Crippen MR) is 89.3 cm³/mol. The van der Waals surface area contributed by atoms with Gasteiger partial charge in [0.15, 0.2) is 0 Å². The Labute approximate surface area is 136 Å². The number of benzene rings is 1. The van der Waals surface area contributed by atoms with Crippen LogP contribution in [0.1, 0.15) is 26.2 Å². The van der Waals surface area contributed by atoms with Crippen LogP contribution in [0.2, 0.25) is 10.0 Å². The molecule has 0 N–H and O–H groups in total. The Morgan fingerprint density at radius 2 is 2.00 bits per heavy atom. The first-order chi connectivity index (χ1) is 10.0. The highest BCUT2D eigenvalue weighted by atomic mass is 35.5. The maximum Gasteiger partial charge on any atom is 0.227 e. The van der Waals surface area contributed by atoms with Crippen LogP contribution in [0.15, 0.2) is 18.2 Å². The van der Waals surface area contributed by atoms with Crippen molar-refractivity contribution >= 4 is 34.8 Å². The van der Waals surface area contributed by atoms with Gasteiger partial charge in [0, 0.05) is 18.0 Å². The fraction of sp³-hybridized carbons (Fsp3) is 0.562. The molecular weight excluding hydrogens is 307 g/mol. The number of carbonyl (C=O) groups excluding carboxylic acids is 1. The minimum absolute atomic E-state index is 0.149. The molecule has 21 heavy (non-hydrogen) atoms. The molecule has 0 aromatic heterocycles. The molecule has 0 bridgehead atoms. The molecule has 1 aromatic carbocycles. The summed E-state index contributed by atoms with van der Waals surface area (Å²) in [6.07, 6.45) is 2.78. The second kappa shape index (κ2) is 7.48. The monoisotopic (exact) mass is 328 g/mol. The second-order valence-electron chi connectivity index (χ2n) is 5.68. The summed E-state index contributed by atoms with van der Waals surface area (Å²) < 4.78 is 0. The number of amides is 1. The standard InChI is InChI=1S/C16H22Cl2N2O/c1-3-20(15-5-4-13(17)11-14(15)18)16(21)10-12-6-8-19(2)9-7-12/h4-5,11-12H,3,6-10H2,1-2H3. The molecule has 0 saturated carbocycles. The maximum atomic E-state index is 12.6. The maximum absolute atomic E-state index is 12.6. The van der Waals surface area contributed by atoms with Gasteiger partial charge in [0.25, 0.3) is 0 Å². The van der Waals surface area contributed by atoms with E-state index in [1.165, 1.54) is 0 Å². The molecule has 1 heterocycles. The van der Waals surface area contributed by atoms with Crippen LogP contribution >= 0.6 is 23.2 Å². The number of piperidine rings is 1. The van der Waals surface area contributed by atoms with Gasteiger partial charge in [-0.05, 0) is 64.0 Å². The van der Waals surface area contributed by atoms with Gasteiger partial charge in [-0.15, -0.1) is 0 Å². The van der Waals surface area contributed by atoms with Crippen LogP contribution in [0.4, 0.5) is 5.69 Å². The minimum Gasteiger partial charge on any atom is -0.311 e. The molecule has 0 spiro atoms. The molecule has 0 atom stereocenters. The zero-order valence-corrected chi connectivity index (χ0v) is 14.1. The number of hydrogen-bond donors (Lipinski definition) is 0. The van der Waals surface area contributed by atoms with Gasteiger partial charge < -0.3 is 9.80 Å². The Kier molecular flexibility index (Phi) is 5.91. The number of halogens is 2. The van der Waals surface area contributed by atoms with E-state index in [9.17, 15) is 4.79 Å². The predicted octanol–water partition coefficient (Wildman–Crippen LogP) is 4.08. The average Bonchev–Trinajstić information content (AvgIpc) is 2.44. The van der Waals surface area contributed by atoms with Crippen LogP contribution < -0.4 is 4.90 Å². The molecule has 1 saturated heterocycles. The van der Waals surface area contributed by atoms with Crippen LogP contribution in [-0.4, -0.2) is 37.5 Å². The summed E-state index contributed by atoms with van der Waals surface area (Å²) in [4.78, 5) is 16.7. The summed E-state index contributed by atoms with van der Waals surface area (Å²) in [6.45, 7) is 4.74. The number of carbonyl (C=O) groups is 1. The lowest BCUT2D eigenvalue weighted by molar-refractivity contribution is -0.119. The summed E-state index contributed by atoms with van der Waals surface area (Å²) in [5, 5.41) is 1.11. The highest BCUT2D eigenvalue weighted by Gasteiger charge is 2.23. The number of nitrogens with zero attached hydrogens (tertiary/aromatic N) is 2. The molecular formula is C16H22Cl2N2O. The number of anilines is 1. The molecule has 5 heteroatoms. The van der Waals surface area contributed by atoms with E-state index in [0.29, 0.717) is 28.9 Å². The van der Waals surface area contributed by atoms with Gasteiger partial charge in [0.2, 0.25) is 5.91 Å². The molecule has 0 radical (unpaired) electrons. The zero-order chi connectivity index (χ0) is 15.4. The van der Waals surface area contributed by atoms with Gasteiger partial charge in [-0.25, -0.2) is 0 Å². The highest BCUT2D eigenvalue weighted by Crippen LogP contribution is 2.30. The Morgan fingerprint density at radius 3 is 2.57 bits per heavy atom. The lowest BCUT2D eigenvalue weighted by Gasteiger charge is -2.30. The third-order valence-electron chi connectivity index (χ3n) is 4.12. The van der Waals surface area contributed by atoms with Gasteiger partial charge >= 0.3 is 0 Å². The third kappa shape index (κ3) is 4.35. The first-order valence-corrected chi connectivity index (χ1v) is 8.20. The molecule has 1 aliphatic rings. The van der Waals surface area contributed by atoms with Crippen molar-refractivity contribution in [2.45, 2.75) is 26.2 Å². The topological polar surface area (TPSA) is 23.6 Å². The van der Waals surface area contributed by atoms with Crippen molar-refractivity contribution in [2.24, 2.45) is 5.92 Å². The summed E-state index contributed by atoms with van der Waals surface area (Å²) >= 11 is 12.1. The van der Waals surface area contributed by atoms with Crippen molar-refractivity contribution in [3.8, 4) is 0 Å². The lowest BCUT2D eigenvalue weighted by Crippen LogP contribution is -2.36. The Hall–Kier alpha value is -0.770. The largest absolute Gasteiger partial charge is 0.311 e. The number of likely N-dealkylation sites (tertiary alicyclic amines) is 1. The van der Waals surface area contributed by atoms with Crippen LogP contribution in [-0.2, 0) is 4.79 Å². The van der Waals surface area contributed by atoms with Crippen LogP contribution in [0.3, 0.4) is 0 Å². The Bertz CT molecular complexity index is 499. The molecule has 1 aliphatic heterocycles. The van der Waals surface area contributed by atoms with E-state index in [1.54, 1.807) is 17.0 Å². The van der Waals surface area contributed by atoms with Crippen molar-refractivity contribution < 1.29 is 4.79 Å². The number of rotatable bonds is 4. The fourth-order valence-electron chi connectivity index (χ4n) is 2.80. The van der Waals surface area contributed by atoms with E-state index in [0.717, 1.165) is 31.6 Å². The van der Waals surface area contributed by atoms with Crippen molar-refractivity contribution in [3.05, 3.63) is 28.2 Å². The van der Waals surface area contributed by atoms with Crippen molar-refractivity contribution in [1.82, 2.24) is 4.90 Å². The average molecular weight is 329 g/mol. The van der Waals surface area contributed by atoms with Crippen LogP contribution in [0.5, 0.6) is 0 Å². The number of hydrogen-bond acceptors (Lipinski definition) is 2. The van der Waals surface area contributed by atoms with E-state index in [2.05, 4.69) is 11.9 Å². The fourth-order valence-corrected chi connectivity index (χ4v) is 3.32. The van der Waals surface area contributed by atoms with Crippen molar-refractivity contribution in [2.75, 3.05) is 31.6 Å². The Morgan fingerprint density at radius 1 is 1.33 bits per heavy atom. The van der Waals surface area contributed by atoms with Crippen molar-refractivity contribution in [3.63, 3.8) is 0 Å². The minimum atomic E-state index is 0.149. The molecule has 1 fully saturated rings. The summed E-state index contributed by atoms with van der Waals surface area (Å²) in [5.41, 5.74) is 0.751. The van der Waals surface area contributed by atoms with Crippen LogP contribution in [0, 0.1) is 5.92 Å². The van der Waals surface area contributed by atoms with Crippen LogP contribution in [0.25, 0.3) is 0 Å². The van der Waals surface area contributed by atoms with E-state index < -0.39 is 0 Å². The van der Waals surface area contributed by atoms with E-state index in [-0.39, 0.29) is 5.91 Å². The molecule has 3 nitrogen and oxygen atoms in total. The van der Waals surface area contributed by atoms with Gasteiger partial charge in [0.1, 0.15) is 0 Å². The summed E-state index contributed by atoms with van der Waals surface area (Å²) in [5.74, 6) is 0.630. The quantitative estimate of drug-likeness (QED) is 0.831. The van der Waals surface area contributed by atoms with Crippen molar-refractivity contribution in [1.29, 1.82) is 0 Å². The summed E-state index contributed by atoms with van der Waals surface area (Å²) in [6, 6.07) is 5.28. The first-order valence-electron chi connectivity index (χ1n) is 7.45. The SMILES string of the molecule is CCN(C(=O)CC1CCN(C)CC1)c1ccc(Cl)cc1Cl. The lowest BCUT2D eigenvalue weighted by atomic mass is 9.93. The zero-order valence-electron chi connectivity index (χ0n) is 12.6.